The zero-order valence-electron chi connectivity index (χ0n) is 13.0. The Hall–Kier alpha value is -2.25. The van der Waals surface area contributed by atoms with Gasteiger partial charge in [0, 0.05) is 6.07 Å². The Balaban J connectivity index is 1.70. The average Bonchev–Trinajstić information content (AvgIpc) is 3.06. The molecule has 0 aromatic carbocycles. The van der Waals surface area contributed by atoms with E-state index < -0.39 is 0 Å². The first-order valence-electron chi connectivity index (χ1n) is 7.72. The monoisotopic (exact) mass is 303 g/mol. The summed E-state index contributed by atoms with van der Waals surface area (Å²) in [6.45, 7) is 3.73. The van der Waals surface area contributed by atoms with Gasteiger partial charge in [0.05, 0.1) is 11.7 Å². The van der Waals surface area contributed by atoms with Gasteiger partial charge in [-0.25, -0.2) is 4.68 Å². The zero-order chi connectivity index (χ0) is 15.5. The van der Waals surface area contributed by atoms with Gasteiger partial charge in [-0.1, -0.05) is 19.3 Å². The normalized spacial score (nSPS) is 15.9. The van der Waals surface area contributed by atoms with Crippen LogP contribution in [0.5, 0.6) is 0 Å². The predicted molar refractivity (Wildman–Crippen MR) is 80.3 cm³/mol. The highest BCUT2D eigenvalue weighted by Crippen LogP contribution is 2.30. The third-order valence-corrected chi connectivity index (χ3v) is 3.88. The molecule has 1 aliphatic rings. The van der Waals surface area contributed by atoms with Gasteiger partial charge in [0.15, 0.2) is 5.82 Å². The van der Waals surface area contributed by atoms with Crippen molar-refractivity contribution in [3.63, 3.8) is 0 Å². The molecule has 0 aliphatic heterocycles. The first kappa shape index (κ1) is 14.7. The first-order chi connectivity index (χ1) is 10.6. The molecule has 2 aromatic rings. The van der Waals surface area contributed by atoms with Gasteiger partial charge < -0.3 is 5.32 Å². The molecule has 0 saturated heterocycles. The van der Waals surface area contributed by atoms with Gasteiger partial charge in [0.2, 0.25) is 5.91 Å². The number of nitrogens with one attached hydrogen (secondary N) is 1. The molecule has 1 amide bonds. The summed E-state index contributed by atoms with van der Waals surface area (Å²) in [4.78, 5) is 13.4. The molecule has 0 radical (unpaired) electrons. The smallest absolute Gasteiger partial charge is 0.249 e. The number of hydrogen-bond donors (Lipinski definition) is 1. The molecular weight excluding hydrogens is 282 g/mol. The highest BCUT2D eigenvalue weighted by atomic mass is 16.2. The molecule has 8 nitrogen and oxygen atoms in total. The quantitative estimate of drug-likeness (QED) is 0.927. The van der Waals surface area contributed by atoms with Crippen molar-refractivity contribution < 1.29 is 4.79 Å². The van der Waals surface area contributed by atoms with Gasteiger partial charge in [0.1, 0.15) is 12.4 Å². The van der Waals surface area contributed by atoms with Crippen LogP contribution in [0, 0.1) is 13.8 Å². The summed E-state index contributed by atoms with van der Waals surface area (Å²) >= 11 is 0. The fourth-order valence-electron chi connectivity index (χ4n) is 2.92. The van der Waals surface area contributed by atoms with Crippen LogP contribution in [-0.2, 0) is 11.3 Å². The summed E-state index contributed by atoms with van der Waals surface area (Å²) in [5, 5.41) is 19.1. The summed E-state index contributed by atoms with van der Waals surface area (Å²) in [5.41, 5.74) is 0.913. The highest BCUT2D eigenvalue weighted by molar-refractivity contribution is 5.89. The minimum absolute atomic E-state index is 0.0513. The average molecular weight is 303 g/mol. The van der Waals surface area contributed by atoms with E-state index in [4.69, 9.17) is 0 Å². The molecule has 0 atom stereocenters. The van der Waals surface area contributed by atoms with E-state index >= 15 is 0 Å². The lowest BCUT2D eigenvalue weighted by molar-refractivity contribution is -0.117. The second-order valence-electron chi connectivity index (χ2n) is 5.82. The minimum atomic E-state index is -0.172. The van der Waals surface area contributed by atoms with E-state index in [0.717, 1.165) is 24.4 Å². The lowest BCUT2D eigenvalue weighted by Crippen LogP contribution is -2.24. The Bertz CT molecular complexity index is 654. The molecule has 22 heavy (non-hydrogen) atoms. The third kappa shape index (κ3) is 3.32. The molecule has 8 heteroatoms. The van der Waals surface area contributed by atoms with Crippen LogP contribution in [0.15, 0.2) is 6.07 Å². The molecule has 2 aromatic heterocycles. The number of tetrazole rings is 1. The molecular formula is C14H21N7O. The van der Waals surface area contributed by atoms with Gasteiger partial charge >= 0.3 is 0 Å². The van der Waals surface area contributed by atoms with Gasteiger partial charge in [-0.05, 0) is 31.9 Å². The standard InChI is InChI=1S/C14H21N7O/c1-10-8-13(21(17-10)12-6-4-3-5-7-12)15-14(22)9-20-18-11(2)16-19-20/h8,12H,3-7,9H2,1-2H3,(H,15,22). The van der Waals surface area contributed by atoms with Crippen molar-refractivity contribution in [3.05, 3.63) is 17.6 Å². The summed E-state index contributed by atoms with van der Waals surface area (Å²) in [6.07, 6.45) is 5.97. The van der Waals surface area contributed by atoms with Crippen LogP contribution in [0.3, 0.4) is 0 Å². The van der Waals surface area contributed by atoms with E-state index in [-0.39, 0.29) is 12.5 Å². The summed E-state index contributed by atoms with van der Waals surface area (Å²) in [7, 11) is 0. The number of carbonyl (C=O) groups excluding carboxylic acids is 1. The molecule has 1 saturated carbocycles. The number of nitrogens with zero attached hydrogens (tertiary/aromatic N) is 6. The minimum Gasteiger partial charge on any atom is -0.309 e. The third-order valence-electron chi connectivity index (χ3n) is 3.88. The predicted octanol–water partition coefficient (Wildman–Crippen LogP) is 1.63. The van der Waals surface area contributed by atoms with Crippen LogP contribution in [0.25, 0.3) is 0 Å². The van der Waals surface area contributed by atoms with E-state index in [1.807, 2.05) is 17.7 Å². The van der Waals surface area contributed by atoms with E-state index in [0.29, 0.717) is 11.9 Å². The van der Waals surface area contributed by atoms with Crippen LogP contribution in [-0.4, -0.2) is 35.9 Å². The molecule has 0 unspecified atom stereocenters. The Morgan fingerprint density at radius 3 is 2.73 bits per heavy atom. The van der Waals surface area contributed by atoms with Crippen molar-refractivity contribution in [2.45, 2.75) is 58.5 Å². The van der Waals surface area contributed by atoms with E-state index in [1.165, 1.54) is 24.1 Å². The molecule has 3 rings (SSSR count). The SMILES string of the molecule is Cc1cc(NC(=O)Cn2nnc(C)n2)n(C2CCCCC2)n1. The van der Waals surface area contributed by atoms with Crippen LogP contribution < -0.4 is 5.32 Å². The summed E-state index contributed by atoms with van der Waals surface area (Å²) in [6, 6.07) is 2.29. The van der Waals surface area contributed by atoms with Crippen molar-refractivity contribution >= 4 is 11.7 Å². The largest absolute Gasteiger partial charge is 0.309 e. The molecule has 0 spiro atoms. The molecule has 1 fully saturated rings. The molecule has 118 valence electrons. The van der Waals surface area contributed by atoms with Crippen molar-refractivity contribution in [1.82, 2.24) is 30.0 Å². The van der Waals surface area contributed by atoms with Crippen LogP contribution in [0.2, 0.25) is 0 Å². The number of hydrogen-bond acceptors (Lipinski definition) is 5. The van der Waals surface area contributed by atoms with E-state index in [1.54, 1.807) is 6.92 Å². The number of aromatic nitrogens is 6. The van der Waals surface area contributed by atoms with Gasteiger partial charge in [-0.2, -0.15) is 9.90 Å². The Labute approximate surface area is 128 Å². The number of carbonyl (C=O) groups is 1. The van der Waals surface area contributed by atoms with E-state index in [2.05, 4.69) is 25.8 Å². The maximum Gasteiger partial charge on any atom is 0.249 e. The lowest BCUT2D eigenvalue weighted by atomic mass is 9.96. The first-order valence-corrected chi connectivity index (χ1v) is 7.72. The van der Waals surface area contributed by atoms with Crippen molar-refractivity contribution in [2.75, 3.05) is 5.32 Å². The molecule has 1 aliphatic carbocycles. The van der Waals surface area contributed by atoms with E-state index in [9.17, 15) is 4.79 Å². The summed E-state index contributed by atoms with van der Waals surface area (Å²) in [5.74, 6) is 1.14. The number of amides is 1. The fraction of sp³-hybridized carbons (Fsp3) is 0.643. The van der Waals surface area contributed by atoms with Crippen molar-refractivity contribution in [3.8, 4) is 0 Å². The fourth-order valence-corrected chi connectivity index (χ4v) is 2.92. The van der Waals surface area contributed by atoms with Crippen molar-refractivity contribution in [2.24, 2.45) is 0 Å². The molecule has 2 heterocycles. The zero-order valence-corrected chi connectivity index (χ0v) is 13.0. The maximum absolute atomic E-state index is 12.2. The Morgan fingerprint density at radius 1 is 1.27 bits per heavy atom. The summed E-state index contributed by atoms with van der Waals surface area (Å²) < 4.78 is 1.96. The van der Waals surface area contributed by atoms with Crippen LogP contribution >= 0.6 is 0 Å². The Kier molecular flexibility index (Phi) is 4.17. The van der Waals surface area contributed by atoms with Crippen molar-refractivity contribution in [1.29, 1.82) is 0 Å². The number of rotatable bonds is 4. The highest BCUT2D eigenvalue weighted by Gasteiger charge is 2.20. The van der Waals surface area contributed by atoms with Crippen LogP contribution in [0.4, 0.5) is 5.82 Å². The number of aryl methyl sites for hydroxylation is 2. The lowest BCUT2D eigenvalue weighted by Gasteiger charge is -2.23. The Morgan fingerprint density at radius 2 is 2.05 bits per heavy atom. The van der Waals surface area contributed by atoms with Gasteiger partial charge in [-0.15, -0.1) is 10.2 Å². The topological polar surface area (TPSA) is 90.5 Å². The molecule has 1 N–H and O–H groups in total. The second-order valence-corrected chi connectivity index (χ2v) is 5.82. The van der Waals surface area contributed by atoms with Gasteiger partial charge in [-0.3, -0.25) is 4.79 Å². The maximum atomic E-state index is 12.2. The van der Waals surface area contributed by atoms with Crippen LogP contribution in [0.1, 0.15) is 49.7 Å². The molecule has 0 bridgehead atoms. The second kappa shape index (κ2) is 6.25. The van der Waals surface area contributed by atoms with Gasteiger partial charge in [0.25, 0.3) is 0 Å². The number of anilines is 1.